The summed E-state index contributed by atoms with van der Waals surface area (Å²) in [6.45, 7) is -0.0530. The van der Waals surface area contributed by atoms with Gasteiger partial charge >= 0.3 is 0 Å². The van der Waals surface area contributed by atoms with Crippen molar-refractivity contribution in [3.63, 3.8) is 0 Å². The first kappa shape index (κ1) is 15.9. The predicted molar refractivity (Wildman–Crippen MR) is 91.8 cm³/mol. The fraction of sp³-hybridized carbons (Fsp3) is 0.222. The van der Waals surface area contributed by atoms with Crippen molar-refractivity contribution in [3.8, 4) is 5.75 Å². The van der Waals surface area contributed by atoms with E-state index in [1.807, 2.05) is 0 Å². The number of hydrogen-bond acceptors (Lipinski definition) is 3. The van der Waals surface area contributed by atoms with E-state index >= 15 is 0 Å². The number of rotatable bonds is 1. The molecule has 2 aromatic carbocycles. The van der Waals surface area contributed by atoms with Gasteiger partial charge in [0.25, 0.3) is 5.91 Å². The Bertz CT molecular complexity index is 915. The van der Waals surface area contributed by atoms with Crippen LogP contribution >= 0.6 is 11.6 Å². The van der Waals surface area contributed by atoms with Crippen LogP contribution in [0, 0.1) is 5.82 Å². The van der Waals surface area contributed by atoms with Gasteiger partial charge in [0.05, 0.1) is 10.7 Å². The van der Waals surface area contributed by atoms with Crippen LogP contribution in [-0.4, -0.2) is 25.5 Å². The van der Waals surface area contributed by atoms with E-state index in [-0.39, 0.29) is 29.9 Å². The summed E-state index contributed by atoms with van der Waals surface area (Å²) in [7, 11) is 1.66. The van der Waals surface area contributed by atoms with Crippen molar-refractivity contribution in [3.05, 3.63) is 52.3 Å². The van der Waals surface area contributed by atoms with E-state index in [9.17, 15) is 14.0 Å². The fourth-order valence-corrected chi connectivity index (χ4v) is 3.48. The molecule has 1 atom stereocenters. The number of amides is 2. The number of likely N-dealkylation sites (N-methyl/N-ethyl adjacent to an activating group) is 1. The summed E-state index contributed by atoms with van der Waals surface area (Å²) in [6.07, 6.45) is 0.0988. The Hall–Kier alpha value is -2.60. The monoisotopic (exact) mass is 360 g/mol. The summed E-state index contributed by atoms with van der Waals surface area (Å²) >= 11 is 5.91. The molecular weight excluding hydrogens is 347 g/mol. The first-order chi connectivity index (χ1) is 12.0. The highest BCUT2D eigenvalue weighted by Crippen LogP contribution is 2.45. The average Bonchev–Trinajstić information content (AvgIpc) is 2.59. The van der Waals surface area contributed by atoms with Crippen LogP contribution < -0.4 is 15.0 Å². The van der Waals surface area contributed by atoms with Gasteiger partial charge in [-0.2, -0.15) is 0 Å². The summed E-state index contributed by atoms with van der Waals surface area (Å²) in [6, 6.07) is 8.20. The minimum Gasteiger partial charge on any atom is -0.481 e. The molecule has 0 saturated heterocycles. The van der Waals surface area contributed by atoms with Crippen molar-refractivity contribution in [2.45, 2.75) is 12.3 Å². The van der Waals surface area contributed by atoms with Gasteiger partial charge in [-0.05, 0) is 23.3 Å². The van der Waals surface area contributed by atoms with Crippen LogP contribution in [0.3, 0.4) is 0 Å². The number of nitrogens with one attached hydrogen (secondary N) is 1. The van der Waals surface area contributed by atoms with Crippen LogP contribution in [0.1, 0.15) is 23.5 Å². The molecule has 2 aliphatic rings. The zero-order valence-electron chi connectivity index (χ0n) is 13.3. The van der Waals surface area contributed by atoms with Crippen molar-refractivity contribution in [2.75, 3.05) is 23.9 Å². The molecule has 0 radical (unpaired) electrons. The standard InChI is InChI=1S/C18H14ClFN2O3/c1-22-14-5-11-10(9-3-2-4-12(19)18(9)20)6-16(23)21-13(11)7-15(14)25-8-17(22)24/h2-5,7,10H,6,8H2,1H3,(H,21,23). The largest absolute Gasteiger partial charge is 0.481 e. The second-order valence-corrected chi connectivity index (χ2v) is 6.50. The highest BCUT2D eigenvalue weighted by Gasteiger charge is 2.32. The Morgan fingerprint density at radius 1 is 1.28 bits per heavy atom. The Labute approximate surface area is 148 Å². The van der Waals surface area contributed by atoms with Crippen LogP contribution in [0.4, 0.5) is 15.8 Å². The molecule has 0 fully saturated rings. The topological polar surface area (TPSA) is 58.6 Å². The molecule has 0 spiro atoms. The van der Waals surface area contributed by atoms with Crippen LogP contribution in [0.5, 0.6) is 5.75 Å². The maximum absolute atomic E-state index is 14.5. The lowest BCUT2D eigenvalue weighted by Gasteiger charge is -2.31. The van der Waals surface area contributed by atoms with Crippen molar-refractivity contribution in [2.24, 2.45) is 0 Å². The normalized spacial score (nSPS) is 19.0. The van der Waals surface area contributed by atoms with E-state index in [1.54, 1.807) is 31.3 Å². The SMILES string of the molecule is CN1C(=O)COc2cc3c(cc21)C(c1cccc(Cl)c1F)CC(=O)N3. The fourth-order valence-electron chi connectivity index (χ4n) is 3.29. The molecule has 2 heterocycles. The molecule has 128 valence electrons. The van der Waals surface area contributed by atoms with Crippen LogP contribution in [-0.2, 0) is 9.59 Å². The molecule has 0 aromatic heterocycles. The maximum atomic E-state index is 14.5. The Kier molecular flexibility index (Phi) is 3.65. The van der Waals surface area contributed by atoms with Gasteiger partial charge in [0.2, 0.25) is 5.91 Å². The molecule has 25 heavy (non-hydrogen) atoms. The van der Waals surface area contributed by atoms with E-state index in [0.29, 0.717) is 22.7 Å². The highest BCUT2D eigenvalue weighted by molar-refractivity contribution is 6.30. The van der Waals surface area contributed by atoms with Gasteiger partial charge in [0.15, 0.2) is 6.61 Å². The molecule has 0 aliphatic carbocycles. The number of nitrogens with zero attached hydrogens (tertiary/aromatic N) is 1. The number of anilines is 2. The Morgan fingerprint density at radius 2 is 2.08 bits per heavy atom. The molecule has 4 rings (SSSR count). The van der Waals surface area contributed by atoms with Gasteiger partial charge in [0, 0.05) is 31.1 Å². The van der Waals surface area contributed by atoms with Crippen molar-refractivity contribution >= 4 is 34.8 Å². The van der Waals surface area contributed by atoms with Gasteiger partial charge in [-0.15, -0.1) is 0 Å². The first-order valence-electron chi connectivity index (χ1n) is 7.76. The number of benzene rings is 2. The smallest absolute Gasteiger partial charge is 0.264 e. The number of fused-ring (bicyclic) bond motifs is 2. The third kappa shape index (κ3) is 2.53. The Balaban J connectivity index is 1.89. The zero-order chi connectivity index (χ0) is 17.7. The molecule has 1 N–H and O–H groups in total. The van der Waals surface area contributed by atoms with Crippen molar-refractivity contribution < 1.29 is 18.7 Å². The first-order valence-corrected chi connectivity index (χ1v) is 8.14. The van der Waals surface area contributed by atoms with E-state index in [4.69, 9.17) is 16.3 Å². The quantitative estimate of drug-likeness (QED) is 0.848. The molecule has 2 amide bonds. The highest BCUT2D eigenvalue weighted by atomic mass is 35.5. The zero-order valence-corrected chi connectivity index (χ0v) is 14.1. The Morgan fingerprint density at radius 3 is 2.88 bits per heavy atom. The van der Waals surface area contributed by atoms with Crippen LogP contribution in [0.2, 0.25) is 5.02 Å². The second-order valence-electron chi connectivity index (χ2n) is 6.10. The second kappa shape index (κ2) is 5.74. The molecule has 2 aromatic rings. The van der Waals surface area contributed by atoms with E-state index in [1.165, 1.54) is 11.0 Å². The molecule has 0 saturated carbocycles. The molecule has 1 unspecified atom stereocenters. The van der Waals surface area contributed by atoms with Gasteiger partial charge < -0.3 is 15.0 Å². The van der Waals surface area contributed by atoms with Crippen LogP contribution in [0.15, 0.2) is 30.3 Å². The number of ether oxygens (including phenoxy) is 1. The van der Waals surface area contributed by atoms with Gasteiger partial charge in [-0.3, -0.25) is 9.59 Å². The van der Waals surface area contributed by atoms with Crippen molar-refractivity contribution in [1.29, 1.82) is 0 Å². The minimum atomic E-state index is -0.534. The molecule has 7 heteroatoms. The van der Waals surface area contributed by atoms with E-state index in [0.717, 1.165) is 5.56 Å². The van der Waals surface area contributed by atoms with Gasteiger partial charge in [-0.1, -0.05) is 23.7 Å². The summed E-state index contributed by atoms with van der Waals surface area (Å²) in [4.78, 5) is 25.5. The molecular formula is C18H14ClFN2O3. The third-order valence-electron chi connectivity index (χ3n) is 4.61. The predicted octanol–water partition coefficient (Wildman–Crippen LogP) is 3.31. The summed E-state index contributed by atoms with van der Waals surface area (Å²) in [5, 5.41) is 2.80. The van der Waals surface area contributed by atoms with Gasteiger partial charge in [-0.25, -0.2) is 4.39 Å². The van der Waals surface area contributed by atoms with E-state index in [2.05, 4.69) is 5.32 Å². The number of halogens is 2. The molecule has 5 nitrogen and oxygen atoms in total. The maximum Gasteiger partial charge on any atom is 0.264 e. The lowest BCUT2D eigenvalue weighted by atomic mass is 9.84. The van der Waals surface area contributed by atoms with E-state index < -0.39 is 11.7 Å². The third-order valence-corrected chi connectivity index (χ3v) is 4.91. The average molecular weight is 361 g/mol. The minimum absolute atomic E-state index is 0.0126. The van der Waals surface area contributed by atoms with Crippen LogP contribution in [0.25, 0.3) is 0 Å². The summed E-state index contributed by atoms with van der Waals surface area (Å²) in [5.41, 5.74) is 2.24. The number of carbonyl (C=O) groups excluding carboxylic acids is 2. The summed E-state index contributed by atoms with van der Waals surface area (Å²) in [5.74, 6) is -0.894. The lowest BCUT2D eigenvalue weighted by molar-refractivity contribution is -0.121. The molecule has 2 aliphatic heterocycles. The summed E-state index contributed by atoms with van der Waals surface area (Å²) < 4.78 is 20.0. The van der Waals surface area contributed by atoms with Gasteiger partial charge in [0.1, 0.15) is 11.6 Å². The molecule has 0 bridgehead atoms. The van der Waals surface area contributed by atoms with Crippen molar-refractivity contribution in [1.82, 2.24) is 0 Å². The number of carbonyl (C=O) groups is 2. The lowest BCUT2D eigenvalue weighted by Crippen LogP contribution is -2.36. The number of hydrogen-bond donors (Lipinski definition) is 1.